The Labute approximate surface area is 156 Å². The molecule has 0 atom stereocenters. The standard InChI is InChI=1S/C21H19N5O/c1-12(2)26-11-14(9-25-26)18-10-24-21(22)20-17(18)7-19(27-20)16-4-3-13-8-23-6-5-15(13)16/h4-12H,3H2,1-2H3,(H2,22,24). The maximum atomic E-state index is 6.15. The van der Waals surface area contributed by atoms with E-state index in [1.54, 1.807) is 6.20 Å². The van der Waals surface area contributed by atoms with Crippen LogP contribution in [-0.4, -0.2) is 19.7 Å². The van der Waals surface area contributed by atoms with E-state index in [0.717, 1.165) is 39.8 Å². The van der Waals surface area contributed by atoms with Gasteiger partial charge in [-0.1, -0.05) is 6.08 Å². The monoisotopic (exact) mass is 357 g/mol. The van der Waals surface area contributed by atoms with Crippen LogP contribution in [0.4, 0.5) is 5.82 Å². The number of furan rings is 1. The summed E-state index contributed by atoms with van der Waals surface area (Å²) in [6.07, 6.45) is 12.4. The lowest BCUT2D eigenvalue weighted by atomic mass is 10.0. The molecule has 5 rings (SSSR count). The van der Waals surface area contributed by atoms with Crippen molar-refractivity contribution in [3.05, 3.63) is 66.1 Å². The first-order chi connectivity index (χ1) is 13.1. The van der Waals surface area contributed by atoms with E-state index < -0.39 is 0 Å². The second-order valence-electron chi connectivity index (χ2n) is 7.07. The minimum atomic E-state index is 0.296. The fourth-order valence-corrected chi connectivity index (χ4v) is 3.57. The number of nitrogen functional groups attached to an aromatic ring is 1. The Morgan fingerprint density at radius 2 is 2.07 bits per heavy atom. The van der Waals surface area contributed by atoms with Crippen LogP contribution in [0.25, 0.3) is 27.7 Å². The topological polar surface area (TPSA) is 82.8 Å². The molecule has 0 spiro atoms. The smallest absolute Gasteiger partial charge is 0.177 e. The van der Waals surface area contributed by atoms with Crippen molar-refractivity contribution in [2.75, 3.05) is 5.73 Å². The summed E-state index contributed by atoms with van der Waals surface area (Å²) >= 11 is 0. The second-order valence-corrected chi connectivity index (χ2v) is 7.07. The highest BCUT2D eigenvalue weighted by Crippen LogP contribution is 2.39. The number of pyridine rings is 2. The fourth-order valence-electron chi connectivity index (χ4n) is 3.57. The maximum Gasteiger partial charge on any atom is 0.177 e. The van der Waals surface area contributed by atoms with Crippen molar-refractivity contribution in [2.45, 2.75) is 26.3 Å². The van der Waals surface area contributed by atoms with E-state index in [4.69, 9.17) is 10.2 Å². The minimum Gasteiger partial charge on any atom is -0.452 e. The van der Waals surface area contributed by atoms with E-state index in [0.29, 0.717) is 17.4 Å². The van der Waals surface area contributed by atoms with Gasteiger partial charge in [0, 0.05) is 52.9 Å². The lowest BCUT2D eigenvalue weighted by Crippen LogP contribution is -1.99. The molecule has 0 aromatic carbocycles. The van der Waals surface area contributed by atoms with Gasteiger partial charge in [-0.15, -0.1) is 0 Å². The van der Waals surface area contributed by atoms with Gasteiger partial charge in [-0.3, -0.25) is 9.67 Å². The van der Waals surface area contributed by atoms with Crippen molar-refractivity contribution in [1.29, 1.82) is 0 Å². The van der Waals surface area contributed by atoms with Crippen molar-refractivity contribution in [3.63, 3.8) is 0 Å². The molecular formula is C21H19N5O. The maximum absolute atomic E-state index is 6.15. The van der Waals surface area contributed by atoms with Crippen LogP contribution < -0.4 is 5.73 Å². The van der Waals surface area contributed by atoms with Crippen LogP contribution in [0.3, 0.4) is 0 Å². The highest BCUT2D eigenvalue weighted by molar-refractivity contribution is 6.00. The molecule has 0 saturated carbocycles. The Balaban J connectivity index is 1.67. The first kappa shape index (κ1) is 15.8. The summed E-state index contributed by atoms with van der Waals surface area (Å²) in [4.78, 5) is 8.55. The Morgan fingerprint density at radius 1 is 1.19 bits per heavy atom. The van der Waals surface area contributed by atoms with Crippen LogP contribution in [0, 0.1) is 0 Å². The average molecular weight is 357 g/mol. The Hall–Kier alpha value is -3.41. The normalized spacial score (nSPS) is 13.4. The fraction of sp³-hybridized carbons (Fsp3) is 0.190. The summed E-state index contributed by atoms with van der Waals surface area (Å²) in [6, 6.07) is 4.37. The van der Waals surface area contributed by atoms with Gasteiger partial charge in [-0.05, 0) is 43.5 Å². The van der Waals surface area contributed by atoms with E-state index in [1.807, 2.05) is 35.5 Å². The highest BCUT2D eigenvalue weighted by Gasteiger charge is 2.21. The number of nitrogens with two attached hydrogens (primary N) is 1. The lowest BCUT2D eigenvalue weighted by Gasteiger charge is -2.03. The van der Waals surface area contributed by atoms with E-state index in [1.165, 1.54) is 5.56 Å². The van der Waals surface area contributed by atoms with Gasteiger partial charge in [0.25, 0.3) is 0 Å². The number of nitrogens with zero attached hydrogens (tertiary/aromatic N) is 4. The molecule has 4 aromatic rings. The predicted octanol–water partition coefficient (Wildman–Crippen LogP) is 4.24. The quantitative estimate of drug-likeness (QED) is 0.593. The van der Waals surface area contributed by atoms with Gasteiger partial charge in [-0.25, -0.2) is 4.98 Å². The van der Waals surface area contributed by atoms with Crippen LogP contribution in [0.5, 0.6) is 0 Å². The molecule has 0 aliphatic heterocycles. The SMILES string of the molecule is CC(C)n1cc(-c2cnc(N)c3oc(C4=CCc5cnccc54)cc23)cn1. The predicted molar refractivity (Wildman–Crippen MR) is 105 cm³/mol. The van der Waals surface area contributed by atoms with E-state index in [2.05, 4.69) is 41.1 Å². The summed E-state index contributed by atoms with van der Waals surface area (Å²) in [7, 11) is 0. The zero-order valence-corrected chi connectivity index (χ0v) is 15.2. The molecule has 4 aromatic heterocycles. The summed E-state index contributed by atoms with van der Waals surface area (Å²) in [5.74, 6) is 1.19. The molecule has 4 heterocycles. The molecule has 0 saturated heterocycles. The largest absolute Gasteiger partial charge is 0.452 e. The van der Waals surface area contributed by atoms with Crippen molar-refractivity contribution in [3.8, 4) is 11.1 Å². The van der Waals surface area contributed by atoms with Crippen molar-refractivity contribution >= 4 is 22.4 Å². The van der Waals surface area contributed by atoms with Crippen LogP contribution in [0.15, 0.2) is 53.6 Å². The third kappa shape index (κ3) is 2.44. The van der Waals surface area contributed by atoms with Crippen molar-refractivity contribution in [1.82, 2.24) is 19.7 Å². The Bertz CT molecular complexity index is 1200. The lowest BCUT2D eigenvalue weighted by molar-refractivity contribution is 0.532. The summed E-state index contributed by atoms with van der Waals surface area (Å²) in [5, 5.41) is 5.39. The van der Waals surface area contributed by atoms with Crippen molar-refractivity contribution < 1.29 is 4.42 Å². The second kappa shape index (κ2) is 5.81. The molecule has 6 nitrogen and oxygen atoms in total. The molecule has 0 bridgehead atoms. The van der Waals surface area contributed by atoms with Gasteiger partial charge in [0.15, 0.2) is 11.4 Å². The van der Waals surface area contributed by atoms with Crippen molar-refractivity contribution in [2.24, 2.45) is 0 Å². The summed E-state index contributed by atoms with van der Waals surface area (Å²) in [6.45, 7) is 4.20. The molecule has 1 aliphatic rings. The zero-order valence-electron chi connectivity index (χ0n) is 15.2. The average Bonchev–Trinajstić information content (AvgIpc) is 3.39. The Morgan fingerprint density at radius 3 is 2.89 bits per heavy atom. The molecule has 6 heteroatoms. The summed E-state index contributed by atoms with van der Waals surface area (Å²) in [5.41, 5.74) is 12.1. The molecular weight excluding hydrogens is 338 g/mol. The highest BCUT2D eigenvalue weighted by atomic mass is 16.3. The minimum absolute atomic E-state index is 0.296. The number of fused-ring (bicyclic) bond motifs is 2. The van der Waals surface area contributed by atoms with Crippen LogP contribution in [0.2, 0.25) is 0 Å². The first-order valence-corrected chi connectivity index (χ1v) is 8.98. The van der Waals surface area contributed by atoms with E-state index >= 15 is 0 Å². The van der Waals surface area contributed by atoms with Gasteiger partial charge in [0.2, 0.25) is 0 Å². The van der Waals surface area contributed by atoms with Gasteiger partial charge < -0.3 is 10.2 Å². The third-order valence-corrected chi connectivity index (χ3v) is 5.01. The Kier molecular flexibility index (Phi) is 3.40. The van der Waals surface area contributed by atoms with Gasteiger partial charge in [0.1, 0.15) is 5.76 Å². The van der Waals surface area contributed by atoms with Crippen LogP contribution in [0.1, 0.15) is 36.8 Å². The summed E-state index contributed by atoms with van der Waals surface area (Å²) < 4.78 is 8.08. The van der Waals surface area contributed by atoms with Gasteiger partial charge in [-0.2, -0.15) is 5.10 Å². The number of rotatable bonds is 3. The van der Waals surface area contributed by atoms with Crippen LogP contribution >= 0.6 is 0 Å². The van der Waals surface area contributed by atoms with Crippen LogP contribution in [-0.2, 0) is 6.42 Å². The first-order valence-electron chi connectivity index (χ1n) is 8.98. The van der Waals surface area contributed by atoms with E-state index in [9.17, 15) is 0 Å². The third-order valence-electron chi connectivity index (χ3n) is 5.01. The molecule has 0 radical (unpaired) electrons. The molecule has 0 fully saturated rings. The van der Waals surface area contributed by atoms with Gasteiger partial charge in [0.05, 0.1) is 6.20 Å². The number of aromatic nitrogens is 4. The number of anilines is 1. The number of allylic oxidation sites excluding steroid dienone is 1. The zero-order chi connectivity index (χ0) is 18.5. The molecule has 27 heavy (non-hydrogen) atoms. The van der Waals surface area contributed by atoms with Gasteiger partial charge >= 0.3 is 0 Å². The molecule has 134 valence electrons. The molecule has 2 N–H and O–H groups in total. The number of hydrogen-bond acceptors (Lipinski definition) is 5. The molecule has 1 aliphatic carbocycles. The van der Waals surface area contributed by atoms with E-state index in [-0.39, 0.29) is 0 Å². The number of hydrogen-bond donors (Lipinski definition) is 1. The molecule has 0 amide bonds. The molecule has 0 unspecified atom stereocenters.